The molecule has 1 N–H and O–H groups in total. The van der Waals surface area contributed by atoms with Crippen LogP contribution in [-0.2, 0) is 20.6 Å². The highest BCUT2D eigenvalue weighted by atomic mass is 35.5. The van der Waals surface area contributed by atoms with Gasteiger partial charge in [-0.3, -0.25) is 18.8 Å². The van der Waals surface area contributed by atoms with Crippen LogP contribution in [0.1, 0.15) is 0 Å². The Morgan fingerprint density at radius 1 is 1.33 bits per heavy atom. The number of fused-ring (bicyclic) bond motifs is 1. The lowest BCUT2D eigenvalue weighted by Crippen LogP contribution is -2.39. The van der Waals surface area contributed by atoms with E-state index in [-0.39, 0.29) is 12.4 Å². The number of hydrogen-bond donors (Lipinski definition) is 1. The number of aromatic nitrogens is 4. The fourth-order valence-electron chi connectivity index (χ4n) is 1.73. The van der Waals surface area contributed by atoms with Gasteiger partial charge in [-0.15, -0.1) is 11.6 Å². The third-order valence-corrected chi connectivity index (χ3v) is 3.13. The van der Waals surface area contributed by atoms with Crippen molar-refractivity contribution in [3.8, 4) is 0 Å². The summed E-state index contributed by atoms with van der Waals surface area (Å²) in [6.07, 6.45) is 0.876. The van der Waals surface area contributed by atoms with Crippen molar-refractivity contribution in [2.75, 3.05) is 5.88 Å². The Morgan fingerprint density at radius 3 is 2.56 bits per heavy atom. The molecule has 0 aliphatic carbocycles. The Hall–Kier alpha value is -1.60. The minimum absolute atomic E-state index is 0.0913. The minimum Gasteiger partial charge on any atom is -0.390 e. The molecule has 2 aromatic rings. The highest BCUT2D eigenvalue weighted by Crippen LogP contribution is 2.07. The van der Waals surface area contributed by atoms with Gasteiger partial charge in [0.15, 0.2) is 5.65 Å². The van der Waals surface area contributed by atoms with Gasteiger partial charge >= 0.3 is 11.1 Å². The first-order valence-electron chi connectivity index (χ1n) is 5.33. The van der Waals surface area contributed by atoms with Crippen molar-refractivity contribution in [3.05, 3.63) is 26.9 Å². The lowest BCUT2D eigenvalue weighted by atomic mass is 10.4. The summed E-state index contributed by atoms with van der Waals surface area (Å²) in [4.78, 5) is 23.2. The monoisotopic (exact) mass is 272 g/mol. The smallest absolute Gasteiger partial charge is 0.317 e. The van der Waals surface area contributed by atoms with Gasteiger partial charge in [0, 0.05) is 14.1 Å². The summed E-state index contributed by atoms with van der Waals surface area (Å²) in [7, 11) is 3.00. The molecule has 7 nitrogen and oxygen atoms in total. The molecule has 0 aromatic carbocycles. The third kappa shape index (κ3) is 1.95. The molecular formula is C10H13ClN4O3. The second kappa shape index (κ2) is 4.58. The molecule has 0 fully saturated rings. The fourth-order valence-corrected chi connectivity index (χ4v) is 1.82. The van der Waals surface area contributed by atoms with Gasteiger partial charge in [-0.05, 0) is 0 Å². The van der Waals surface area contributed by atoms with Crippen LogP contribution in [0.25, 0.3) is 11.2 Å². The molecule has 0 saturated carbocycles. The number of hydrogen-bond acceptors (Lipinski definition) is 4. The zero-order chi connectivity index (χ0) is 13.4. The van der Waals surface area contributed by atoms with E-state index in [9.17, 15) is 14.7 Å². The molecule has 98 valence electrons. The molecule has 0 aliphatic rings. The summed E-state index contributed by atoms with van der Waals surface area (Å²) in [6, 6.07) is 0. The van der Waals surface area contributed by atoms with Crippen molar-refractivity contribution < 1.29 is 5.11 Å². The molecule has 0 amide bonds. The molecular weight excluding hydrogens is 260 g/mol. The predicted molar refractivity (Wildman–Crippen MR) is 66.9 cm³/mol. The van der Waals surface area contributed by atoms with Crippen LogP contribution >= 0.6 is 11.6 Å². The van der Waals surface area contributed by atoms with Crippen molar-refractivity contribution >= 4 is 22.8 Å². The SMILES string of the molecule is Cn1c(=O)c(=O)n(C)c2nn(C[C@H](O)CCl)cc21. The van der Waals surface area contributed by atoms with E-state index in [1.54, 1.807) is 6.20 Å². The van der Waals surface area contributed by atoms with E-state index in [2.05, 4.69) is 5.10 Å². The van der Waals surface area contributed by atoms with Crippen molar-refractivity contribution in [2.24, 2.45) is 14.1 Å². The first kappa shape index (κ1) is 12.8. The Bertz CT molecular complexity index is 646. The molecule has 8 heteroatoms. The van der Waals surface area contributed by atoms with Gasteiger partial charge in [0.2, 0.25) is 0 Å². The van der Waals surface area contributed by atoms with Crippen molar-refractivity contribution in [3.63, 3.8) is 0 Å². The summed E-state index contributed by atoms with van der Waals surface area (Å²) >= 11 is 5.51. The first-order valence-corrected chi connectivity index (χ1v) is 5.86. The molecule has 2 aromatic heterocycles. The maximum absolute atomic E-state index is 11.6. The van der Waals surface area contributed by atoms with E-state index >= 15 is 0 Å². The molecule has 18 heavy (non-hydrogen) atoms. The van der Waals surface area contributed by atoms with Crippen LogP contribution in [0.15, 0.2) is 15.8 Å². The van der Waals surface area contributed by atoms with E-state index < -0.39 is 17.2 Å². The van der Waals surface area contributed by atoms with Crippen LogP contribution in [0, 0.1) is 0 Å². The van der Waals surface area contributed by atoms with Gasteiger partial charge in [-0.1, -0.05) is 0 Å². The summed E-state index contributed by atoms with van der Waals surface area (Å²) in [5.41, 5.74) is -0.316. The lowest BCUT2D eigenvalue weighted by Gasteiger charge is -2.05. The number of alkyl halides is 1. The van der Waals surface area contributed by atoms with Crippen LogP contribution in [0.2, 0.25) is 0 Å². The first-order chi connectivity index (χ1) is 8.45. The van der Waals surface area contributed by atoms with E-state index in [1.165, 1.54) is 27.9 Å². The van der Waals surface area contributed by atoms with Gasteiger partial charge in [-0.25, -0.2) is 0 Å². The molecule has 0 saturated heterocycles. The van der Waals surface area contributed by atoms with Crippen molar-refractivity contribution in [1.82, 2.24) is 18.9 Å². The Labute approximate surface area is 107 Å². The molecule has 0 bridgehead atoms. The van der Waals surface area contributed by atoms with E-state index in [1.807, 2.05) is 0 Å². The number of aliphatic hydroxyl groups excluding tert-OH is 1. The van der Waals surface area contributed by atoms with Crippen LogP contribution in [-0.4, -0.2) is 36.0 Å². The predicted octanol–water partition coefficient (Wildman–Crippen LogP) is -0.967. The Morgan fingerprint density at radius 2 is 1.94 bits per heavy atom. The second-order valence-corrected chi connectivity index (χ2v) is 4.41. The van der Waals surface area contributed by atoms with Gasteiger partial charge in [0.25, 0.3) is 0 Å². The van der Waals surface area contributed by atoms with Crippen LogP contribution in [0.5, 0.6) is 0 Å². The summed E-state index contributed by atoms with van der Waals surface area (Å²) in [6.45, 7) is 0.209. The normalized spacial score (nSPS) is 13.1. The highest BCUT2D eigenvalue weighted by molar-refractivity contribution is 6.18. The summed E-state index contributed by atoms with van der Waals surface area (Å²) < 4.78 is 3.91. The summed E-state index contributed by atoms with van der Waals surface area (Å²) in [5, 5.41) is 13.6. The topological polar surface area (TPSA) is 82.0 Å². The van der Waals surface area contributed by atoms with Crippen LogP contribution in [0.3, 0.4) is 0 Å². The number of aliphatic hydroxyl groups is 1. The molecule has 0 spiro atoms. The maximum Gasteiger partial charge on any atom is 0.317 e. The largest absolute Gasteiger partial charge is 0.390 e. The van der Waals surface area contributed by atoms with E-state index in [0.717, 1.165) is 0 Å². The van der Waals surface area contributed by atoms with Gasteiger partial charge in [0.05, 0.1) is 24.7 Å². The molecule has 1 atom stereocenters. The third-order valence-electron chi connectivity index (χ3n) is 2.77. The molecule has 0 radical (unpaired) electrons. The van der Waals surface area contributed by atoms with Crippen molar-refractivity contribution in [2.45, 2.75) is 12.6 Å². The number of rotatable bonds is 3. The van der Waals surface area contributed by atoms with Crippen molar-refractivity contribution in [1.29, 1.82) is 0 Å². The quantitative estimate of drug-likeness (QED) is 0.576. The second-order valence-electron chi connectivity index (χ2n) is 4.10. The number of nitrogens with zero attached hydrogens (tertiary/aromatic N) is 4. The van der Waals surface area contributed by atoms with Gasteiger partial charge in [-0.2, -0.15) is 5.10 Å². The van der Waals surface area contributed by atoms with Crippen LogP contribution in [0.4, 0.5) is 0 Å². The standard InChI is InChI=1S/C10H13ClN4O3/c1-13-7-5-15(4-6(16)3-11)12-8(7)14(2)10(18)9(13)17/h5-6,16H,3-4H2,1-2H3/t6-/m1/s1. The molecule has 2 rings (SSSR count). The van der Waals surface area contributed by atoms with Gasteiger partial charge < -0.3 is 9.67 Å². The summed E-state index contributed by atoms with van der Waals surface area (Å²) in [5.74, 6) is 0.0913. The van der Waals surface area contributed by atoms with Gasteiger partial charge in [0.1, 0.15) is 5.52 Å². The van der Waals surface area contributed by atoms with Crippen LogP contribution < -0.4 is 11.1 Å². The zero-order valence-corrected chi connectivity index (χ0v) is 10.8. The number of aryl methyl sites for hydroxylation is 2. The Balaban J connectivity index is 2.65. The molecule has 0 unspecified atom stereocenters. The average Bonchev–Trinajstić information content (AvgIpc) is 2.77. The Kier molecular flexibility index (Phi) is 3.27. The van der Waals surface area contributed by atoms with E-state index in [0.29, 0.717) is 11.2 Å². The molecule has 2 heterocycles. The minimum atomic E-state index is -0.727. The fraction of sp³-hybridized carbons (Fsp3) is 0.500. The average molecular weight is 273 g/mol. The number of halogens is 1. The lowest BCUT2D eigenvalue weighted by molar-refractivity contribution is 0.172. The molecule has 0 aliphatic heterocycles. The highest BCUT2D eigenvalue weighted by Gasteiger charge is 2.13. The zero-order valence-electron chi connectivity index (χ0n) is 10.00. The maximum atomic E-state index is 11.6. The van der Waals surface area contributed by atoms with E-state index in [4.69, 9.17) is 11.6 Å².